The maximum atomic E-state index is 12.5. The number of hydrogen-bond donors (Lipinski definition) is 1. The first-order valence-corrected chi connectivity index (χ1v) is 9.10. The average molecular weight is 434 g/mol. The smallest absolute Gasteiger partial charge is 0.347 e. The van der Waals surface area contributed by atoms with Crippen LogP contribution in [0.4, 0.5) is 0 Å². The molecule has 0 spiro atoms. The zero-order chi connectivity index (χ0) is 18.4. The highest BCUT2D eigenvalue weighted by molar-refractivity contribution is 9.10. The van der Waals surface area contributed by atoms with Crippen LogP contribution in [0.15, 0.2) is 49.2 Å². The standard InChI is InChI=1S/C18H14BrClN4O2/c1-9-6-10(2)15-11(7-9)18(25)26-17(22-15)13-8-14(19)23-24(13)16-12(20)4-3-5-21-16/h3-4,6-8,21H,5H2,1-2H3. The Hall–Kier alpha value is -2.38. The first-order chi connectivity index (χ1) is 12.4. The SMILES string of the molecule is Cc1cc(C)c2nc(-c3cc(Br)nn3C3=C(Cl)C=CCN3)oc(=O)c2c1. The highest BCUT2D eigenvalue weighted by atomic mass is 79.9. The van der Waals surface area contributed by atoms with Crippen LogP contribution in [-0.4, -0.2) is 21.3 Å². The van der Waals surface area contributed by atoms with E-state index in [2.05, 4.69) is 31.3 Å². The van der Waals surface area contributed by atoms with Crippen molar-refractivity contribution < 1.29 is 4.42 Å². The fraction of sp³-hybridized carbons (Fsp3) is 0.167. The maximum absolute atomic E-state index is 12.5. The average Bonchev–Trinajstić information content (AvgIpc) is 2.97. The van der Waals surface area contributed by atoms with Crippen LogP contribution in [0.1, 0.15) is 11.1 Å². The van der Waals surface area contributed by atoms with E-state index in [1.54, 1.807) is 22.9 Å². The third-order valence-corrected chi connectivity index (χ3v) is 4.75. The number of nitrogens with zero attached hydrogens (tertiary/aromatic N) is 3. The van der Waals surface area contributed by atoms with Gasteiger partial charge in [0.15, 0.2) is 0 Å². The molecule has 0 saturated carbocycles. The van der Waals surface area contributed by atoms with Crippen molar-refractivity contribution in [2.75, 3.05) is 6.54 Å². The topological polar surface area (TPSA) is 73.0 Å². The van der Waals surface area contributed by atoms with Crippen molar-refractivity contribution >= 4 is 44.3 Å². The highest BCUT2D eigenvalue weighted by Gasteiger charge is 2.20. The van der Waals surface area contributed by atoms with E-state index >= 15 is 0 Å². The van der Waals surface area contributed by atoms with Crippen molar-refractivity contribution in [2.45, 2.75) is 13.8 Å². The summed E-state index contributed by atoms with van der Waals surface area (Å²) in [6.07, 6.45) is 3.70. The third kappa shape index (κ3) is 2.87. The highest BCUT2D eigenvalue weighted by Crippen LogP contribution is 2.28. The molecule has 8 heteroatoms. The van der Waals surface area contributed by atoms with Crippen LogP contribution < -0.4 is 10.9 Å². The fourth-order valence-electron chi connectivity index (χ4n) is 2.97. The van der Waals surface area contributed by atoms with E-state index < -0.39 is 5.63 Å². The number of dihydropyridines is 1. The van der Waals surface area contributed by atoms with Gasteiger partial charge in [0.05, 0.1) is 15.9 Å². The largest absolute Gasteiger partial charge is 0.401 e. The van der Waals surface area contributed by atoms with Crippen LogP contribution in [-0.2, 0) is 0 Å². The van der Waals surface area contributed by atoms with Gasteiger partial charge in [-0.25, -0.2) is 14.5 Å². The van der Waals surface area contributed by atoms with Crippen LogP contribution in [0.2, 0.25) is 0 Å². The van der Waals surface area contributed by atoms with Crippen LogP contribution in [0, 0.1) is 13.8 Å². The zero-order valence-electron chi connectivity index (χ0n) is 14.0. The van der Waals surface area contributed by atoms with Gasteiger partial charge in [0.25, 0.3) is 0 Å². The van der Waals surface area contributed by atoms with Gasteiger partial charge in [-0.05, 0) is 53.0 Å². The lowest BCUT2D eigenvalue weighted by molar-refractivity contribution is 0.513. The van der Waals surface area contributed by atoms with Crippen LogP contribution in [0.3, 0.4) is 0 Å². The predicted octanol–water partition coefficient (Wildman–Crippen LogP) is 3.96. The number of benzene rings is 1. The van der Waals surface area contributed by atoms with Crippen molar-refractivity contribution in [1.29, 1.82) is 0 Å². The molecule has 0 radical (unpaired) electrons. The molecule has 0 atom stereocenters. The molecule has 0 bridgehead atoms. The van der Waals surface area contributed by atoms with Gasteiger partial charge in [-0.1, -0.05) is 23.7 Å². The molecule has 0 fully saturated rings. The summed E-state index contributed by atoms with van der Waals surface area (Å²) in [5, 5.41) is 8.54. The number of nitrogens with one attached hydrogen (secondary N) is 1. The molecule has 3 heterocycles. The van der Waals surface area contributed by atoms with Crippen molar-refractivity contribution in [3.8, 4) is 11.6 Å². The molecule has 1 aromatic carbocycles. The second-order valence-corrected chi connectivity index (χ2v) is 7.25. The summed E-state index contributed by atoms with van der Waals surface area (Å²) in [7, 11) is 0. The summed E-state index contributed by atoms with van der Waals surface area (Å²) in [6.45, 7) is 4.48. The Morgan fingerprint density at radius 3 is 2.88 bits per heavy atom. The Balaban J connectivity index is 1.98. The lowest BCUT2D eigenvalue weighted by atomic mass is 10.1. The Bertz CT molecular complexity index is 1160. The van der Waals surface area contributed by atoms with E-state index in [-0.39, 0.29) is 5.89 Å². The Morgan fingerprint density at radius 2 is 2.12 bits per heavy atom. The third-order valence-electron chi connectivity index (χ3n) is 4.06. The second kappa shape index (κ2) is 6.41. The second-order valence-electron chi connectivity index (χ2n) is 6.03. The summed E-state index contributed by atoms with van der Waals surface area (Å²) in [5.41, 5.74) is 2.60. The predicted molar refractivity (Wildman–Crippen MR) is 105 cm³/mol. The Morgan fingerprint density at radius 1 is 1.31 bits per heavy atom. The lowest BCUT2D eigenvalue weighted by Crippen LogP contribution is -2.22. The van der Waals surface area contributed by atoms with E-state index in [4.69, 9.17) is 16.0 Å². The maximum Gasteiger partial charge on any atom is 0.347 e. The summed E-state index contributed by atoms with van der Waals surface area (Å²) >= 11 is 9.66. The Kier molecular flexibility index (Phi) is 4.20. The number of allylic oxidation sites excluding steroid dienone is 2. The van der Waals surface area contributed by atoms with Gasteiger partial charge in [0, 0.05) is 12.6 Å². The van der Waals surface area contributed by atoms with E-state index in [1.807, 2.05) is 26.0 Å². The van der Waals surface area contributed by atoms with Crippen molar-refractivity contribution in [1.82, 2.24) is 20.1 Å². The minimum absolute atomic E-state index is 0.181. The molecule has 1 aliphatic rings. The number of aromatic nitrogens is 3. The minimum Gasteiger partial charge on any atom is -0.401 e. The molecule has 2 aromatic heterocycles. The molecular formula is C18H14BrClN4O2. The summed E-state index contributed by atoms with van der Waals surface area (Å²) in [4.78, 5) is 17.1. The summed E-state index contributed by atoms with van der Waals surface area (Å²) < 4.78 is 7.66. The van der Waals surface area contributed by atoms with Gasteiger partial charge >= 0.3 is 5.63 Å². The van der Waals surface area contributed by atoms with Crippen molar-refractivity contribution in [3.63, 3.8) is 0 Å². The molecule has 3 aromatic rings. The molecule has 4 rings (SSSR count). The van der Waals surface area contributed by atoms with Gasteiger partial charge in [-0.2, -0.15) is 5.10 Å². The lowest BCUT2D eigenvalue weighted by Gasteiger charge is -2.16. The normalized spacial score (nSPS) is 14.2. The summed E-state index contributed by atoms with van der Waals surface area (Å²) in [6, 6.07) is 5.50. The van der Waals surface area contributed by atoms with Crippen molar-refractivity contribution in [2.24, 2.45) is 0 Å². The molecule has 1 aliphatic heterocycles. The molecule has 0 saturated heterocycles. The number of rotatable bonds is 2. The molecule has 26 heavy (non-hydrogen) atoms. The number of aryl methyl sites for hydroxylation is 2. The fourth-order valence-corrected chi connectivity index (χ4v) is 3.58. The van der Waals surface area contributed by atoms with Gasteiger partial charge in [-0.3, -0.25) is 0 Å². The monoisotopic (exact) mass is 432 g/mol. The van der Waals surface area contributed by atoms with Crippen LogP contribution in [0.5, 0.6) is 0 Å². The van der Waals surface area contributed by atoms with Crippen LogP contribution >= 0.6 is 27.5 Å². The number of hydrogen-bond acceptors (Lipinski definition) is 5. The van der Waals surface area contributed by atoms with Crippen molar-refractivity contribution in [3.05, 3.63) is 61.5 Å². The van der Waals surface area contributed by atoms with Gasteiger partial charge in [-0.15, -0.1) is 0 Å². The molecule has 0 aliphatic carbocycles. The molecule has 1 N–H and O–H groups in total. The molecule has 0 amide bonds. The first kappa shape index (κ1) is 17.1. The van der Waals surface area contributed by atoms with E-state index in [0.29, 0.717) is 38.6 Å². The molecule has 0 unspecified atom stereocenters. The molecule has 132 valence electrons. The van der Waals surface area contributed by atoms with Gasteiger partial charge < -0.3 is 9.73 Å². The molecular weight excluding hydrogens is 420 g/mol. The zero-order valence-corrected chi connectivity index (χ0v) is 16.3. The van der Waals surface area contributed by atoms with E-state index in [1.165, 1.54) is 0 Å². The first-order valence-electron chi connectivity index (χ1n) is 7.92. The van der Waals surface area contributed by atoms with E-state index in [0.717, 1.165) is 11.1 Å². The van der Waals surface area contributed by atoms with E-state index in [9.17, 15) is 4.79 Å². The minimum atomic E-state index is -0.433. The van der Waals surface area contributed by atoms with Gasteiger partial charge in [0.1, 0.15) is 16.1 Å². The quantitative estimate of drug-likeness (QED) is 0.662. The van der Waals surface area contributed by atoms with Crippen LogP contribution in [0.25, 0.3) is 28.3 Å². The Labute approximate surface area is 162 Å². The number of halogens is 2. The number of fused-ring (bicyclic) bond motifs is 1. The molecule has 6 nitrogen and oxygen atoms in total. The van der Waals surface area contributed by atoms with Gasteiger partial charge in [0.2, 0.25) is 5.89 Å². The summed E-state index contributed by atoms with van der Waals surface area (Å²) in [5.74, 6) is 0.779.